The number of carbonyl (C=O) groups is 5. The van der Waals surface area contributed by atoms with Crippen molar-refractivity contribution in [2.75, 3.05) is 72.6 Å². The van der Waals surface area contributed by atoms with Crippen molar-refractivity contribution in [3.05, 3.63) is 36.3 Å². The van der Waals surface area contributed by atoms with Crippen molar-refractivity contribution in [3.63, 3.8) is 0 Å². The summed E-state index contributed by atoms with van der Waals surface area (Å²) in [6.45, 7) is 4.21. The molecule has 0 saturated heterocycles. The van der Waals surface area contributed by atoms with Crippen LogP contribution in [0.15, 0.2) is 35.0 Å². The Balaban J connectivity index is 2.35. The molecule has 3 N–H and O–H groups in total. The van der Waals surface area contributed by atoms with Gasteiger partial charge in [0.25, 0.3) is 0 Å². The molecule has 1 aliphatic heterocycles. The number of primary amides is 1. The number of hydrogen-bond acceptors (Lipinski definition) is 8. The molecule has 0 aromatic carbocycles. The number of hydrogen-bond donors (Lipinski definition) is 2. The third-order valence-electron chi connectivity index (χ3n) is 6.31. The van der Waals surface area contributed by atoms with Gasteiger partial charge in [0.15, 0.2) is 0 Å². The van der Waals surface area contributed by atoms with Crippen molar-refractivity contribution in [2.45, 2.75) is 33.2 Å². The molecular weight excluding hydrogens is 532 g/mol. The minimum Gasteiger partial charge on any atom is -0.467 e. The molecule has 0 spiro atoms. The zero-order chi connectivity index (χ0) is 30.2. The van der Waals surface area contributed by atoms with Crippen molar-refractivity contribution < 1.29 is 33.1 Å². The molecule has 1 aromatic rings. The molecule has 41 heavy (non-hydrogen) atoms. The number of nitrogens with zero attached hydrogens (tertiary/aromatic N) is 4. The van der Waals surface area contributed by atoms with Crippen LogP contribution < -0.4 is 11.1 Å². The van der Waals surface area contributed by atoms with Crippen LogP contribution >= 0.6 is 0 Å². The van der Waals surface area contributed by atoms with Gasteiger partial charge in [-0.1, -0.05) is 26.0 Å². The van der Waals surface area contributed by atoms with E-state index in [1.165, 1.54) is 33.0 Å². The summed E-state index contributed by atoms with van der Waals surface area (Å²) < 4.78 is 10.6. The molecule has 0 fully saturated rings. The molecule has 1 aromatic heterocycles. The summed E-state index contributed by atoms with van der Waals surface area (Å²) in [7, 11) is 1.48. The lowest BCUT2D eigenvalue weighted by atomic mass is 10.2. The summed E-state index contributed by atoms with van der Waals surface area (Å²) in [5.74, 6) is -1.65. The third-order valence-corrected chi connectivity index (χ3v) is 6.31. The predicted octanol–water partition coefficient (Wildman–Crippen LogP) is -0.179. The number of ether oxygens (including phenoxy) is 1. The second-order valence-electron chi connectivity index (χ2n) is 10.3. The number of carbonyl (C=O) groups excluding carboxylic acids is 5. The van der Waals surface area contributed by atoms with E-state index in [9.17, 15) is 24.0 Å². The van der Waals surface area contributed by atoms with Gasteiger partial charge >= 0.3 is 0 Å². The van der Waals surface area contributed by atoms with Crippen LogP contribution in [0.4, 0.5) is 0 Å². The molecule has 0 radical (unpaired) electrons. The smallest absolute Gasteiger partial charge is 0.242 e. The molecule has 0 unspecified atom stereocenters. The molecule has 1 aliphatic rings. The molecule has 0 atom stereocenters. The molecule has 0 saturated carbocycles. The quantitative estimate of drug-likeness (QED) is 0.383. The van der Waals surface area contributed by atoms with E-state index >= 15 is 0 Å². The molecular formula is C28H44N6O7. The maximum atomic E-state index is 13.5. The molecule has 0 aliphatic carbocycles. The van der Waals surface area contributed by atoms with Crippen molar-refractivity contribution in [3.8, 4) is 0 Å². The SMILES string of the molecule is COCCN1CC(=O)N(CC(N)=O)CC/C=C/CCNCC(=O)N(Cc2ccco2)CC(=O)N(CC(C)C)CC1=O. The van der Waals surface area contributed by atoms with Gasteiger partial charge < -0.3 is 39.8 Å². The van der Waals surface area contributed by atoms with Crippen molar-refractivity contribution in [1.29, 1.82) is 0 Å². The van der Waals surface area contributed by atoms with Crippen molar-refractivity contribution in [1.82, 2.24) is 24.9 Å². The highest BCUT2D eigenvalue weighted by Gasteiger charge is 2.28. The summed E-state index contributed by atoms with van der Waals surface area (Å²) in [5, 5.41) is 3.10. The van der Waals surface area contributed by atoms with Crippen LogP contribution in [0.3, 0.4) is 0 Å². The van der Waals surface area contributed by atoms with Crippen LogP contribution in [0, 0.1) is 5.92 Å². The summed E-state index contributed by atoms with van der Waals surface area (Å²) in [4.78, 5) is 70.4. The lowest BCUT2D eigenvalue weighted by Crippen LogP contribution is -2.51. The highest BCUT2D eigenvalue weighted by atomic mass is 16.5. The van der Waals surface area contributed by atoms with E-state index in [1.807, 2.05) is 26.0 Å². The van der Waals surface area contributed by atoms with Gasteiger partial charge in [0, 0.05) is 26.7 Å². The molecule has 2 heterocycles. The van der Waals surface area contributed by atoms with Crippen LogP contribution in [0.5, 0.6) is 0 Å². The highest BCUT2D eigenvalue weighted by Crippen LogP contribution is 2.09. The number of furan rings is 1. The van der Waals surface area contributed by atoms with Gasteiger partial charge in [-0.2, -0.15) is 0 Å². The Kier molecular flexibility index (Phi) is 14.6. The first-order chi connectivity index (χ1) is 19.6. The standard InChI is InChI=1S/C28H44N6O7/c1-22(2)16-33-20-27(38)32(12-14-40-3)19-26(37)31(18-24(29)35)11-7-5-4-6-10-30-15-25(36)34(21-28(33)39)17-23-9-8-13-41-23/h4-5,8-9,13,22,30H,6-7,10-12,14-21H2,1-3H3,(H2,29,35)/b5-4+. The summed E-state index contributed by atoms with van der Waals surface area (Å²) in [5.41, 5.74) is 5.38. The Labute approximate surface area is 241 Å². The van der Waals surface area contributed by atoms with Crippen LogP contribution in [0.1, 0.15) is 32.4 Å². The van der Waals surface area contributed by atoms with E-state index in [-0.39, 0.29) is 77.3 Å². The first-order valence-electron chi connectivity index (χ1n) is 13.9. The maximum absolute atomic E-state index is 13.5. The fourth-order valence-corrected chi connectivity index (χ4v) is 4.24. The maximum Gasteiger partial charge on any atom is 0.242 e. The molecule has 0 bridgehead atoms. The summed E-state index contributed by atoms with van der Waals surface area (Å²) in [6.07, 6.45) is 6.42. The van der Waals surface area contributed by atoms with E-state index in [0.717, 1.165) is 0 Å². The zero-order valence-corrected chi connectivity index (χ0v) is 24.4. The zero-order valence-electron chi connectivity index (χ0n) is 24.4. The average Bonchev–Trinajstić information content (AvgIpc) is 3.42. The van der Waals surface area contributed by atoms with Crippen molar-refractivity contribution in [2.24, 2.45) is 11.7 Å². The monoisotopic (exact) mass is 576 g/mol. The molecule has 2 rings (SSSR count). The van der Waals surface area contributed by atoms with Gasteiger partial charge in [-0.15, -0.1) is 0 Å². The van der Waals surface area contributed by atoms with E-state index in [2.05, 4.69) is 5.32 Å². The van der Waals surface area contributed by atoms with Crippen LogP contribution in [0.2, 0.25) is 0 Å². The number of amides is 5. The number of nitrogens with one attached hydrogen (secondary N) is 1. The second kappa shape index (κ2) is 17.9. The third kappa shape index (κ3) is 12.6. The largest absolute Gasteiger partial charge is 0.467 e. The summed E-state index contributed by atoms with van der Waals surface area (Å²) >= 11 is 0. The second-order valence-corrected chi connectivity index (χ2v) is 10.3. The van der Waals surface area contributed by atoms with E-state index in [0.29, 0.717) is 25.1 Å². The Bertz CT molecular complexity index is 1030. The first kappa shape index (κ1) is 33.5. The van der Waals surface area contributed by atoms with Gasteiger partial charge in [0.1, 0.15) is 12.3 Å². The molecule has 5 amide bonds. The van der Waals surface area contributed by atoms with E-state index in [1.54, 1.807) is 12.1 Å². The Hall–Kier alpha value is -3.71. The fraction of sp³-hybridized carbons (Fsp3) is 0.607. The van der Waals surface area contributed by atoms with E-state index in [4.69, 9.17) is 14.9 Å². The topological polar surface area (TPSA) is 159 Å². The fourth-order valence-electron chi connectivity index (χ4n) is 4.24. The Morgan fingerprint density at radius 1 is 0.976 bits per heavy atom. The minimum absolute atomic E-state index is 0.0244. The molecule has 13 heteroatoms. The van der Waals surface area contributed by atoms with Crippen LogP contribution in [0.25, 0.3) is 0 Å². The normalized spacial score (nSPS) is 18.4. The lowest BCUT2D eigenvalue weighted by Gasteiger charge is -2.31. The van der Waals surface area contributed by atoms with Crippen LogP contribution in [-0.4, -0.2) is 122 Å². The van der Waals surface area contributed by atoms with Crippen molar-refractivity contribution >= 4 is 29.5 Å². The predicted molar refractivity (Wildman–Crippen MR) is 151 cm³/mol. The Morgan fingerprint density at radius 2 is 1.63 bits per heavy atom. The number of methoxy groups -OCH3 is 1. The number of nitrogens with two attached hydrogens (primary N) is 1. The van der Waals surface area contributed by atoms with Gasteiger partial charge in [-0.25, -0.2) is 0 Å². The Morgan fingerprint density at radius 3 is 2.29 bits per heavy atom. The minimum atomic E-state index is -0.655. The highest BCUT2D eigenvalue weighted by molar-refractivity contribution is 5.91. The number of rotatable bonds is 9. The van der Waals surface area contributed by atoms with Gasteiger partial charge in [-0.3, -0.25) is 24.0 Å². The molecule has 13 nitrogen and oxygen atoms in total. The van der Waals surface area contributed by atoms with Gasteiger partial charge in [0.2, 0.25) is 29.5 Å². The van der Waals surface area contributed by atoms with Gasteiger partial charge in [0.05, 0.1) is 45.6 Å². The lowest BCUT2D eigenvalue weighted by molar-refractivity contribution is -0.147. The average molecular weight is 577 g/mol. The summed E-state index contributed by atoms with van der Waals surface area (Å²) in [6, 6.07) is 3.44. The van der Waals surface area contributed by atoms with Gasteiger partial charge in [-0.05, 0) is 37.4 Å². The van der Waals surface area contributed by atoms with E-state index < -0.39 is 23.6 Å². The van der Waals surface area contributed by atoms with Crippen LogP contribution in [-0.2, 0) is 35.3 Å². The molecule has 228 valence electrons. The first-order valence-corrected chi connectivity index (χ1v) is 13.9.